The van der Waals surface area contributed by atoms with Crippen molar-refractivity contribution in [3.63, 3.8) is 0 Å². The predicted octanol–water partition coefficient (Wildman–Crippen LogP) is 2.41. The van der Waals surface area contributed by atoms with E-state index in [0.29, 0.717) is 36.8 Å². The van der Waals surface area contributed by atoms with Gasteiger partial charge in [0.25, 0.3) is 5.91 Å². The van der Waals surface area contributed by atoms with Gasteiger partial charge < -0.3 is 20.1 Å². The molecule has 0 aliphatic carbocycles. The van der Waals surface area contributed by atoms with E-state index in [1.54, 1.807) is 12.1 Å². The van der Waals surface area contributed by atoms with E-state index in [1.165, 1.54) is 0 Å². The van der Waals surface area contributed by atoms with E-state index in [1.807, 2.05) is 37.3 Å². The number of carbonyl (C=O) groups is 2. The van der Waals surface area contributed by atoms with Gasteiger partial charge in [-0.05, 0) is 36.2 Å². The summed E-state index contributed by atoms with van der Waals surface area (Å²) in [5.41, 5.74) is 2.48. The van der Waals surface area contributed by atoms with E-state index in [-0.39, 0.29) is 18.4 Å². The molecule has 2 aromatic rings. The molecule has 1 aliphatic heterocycles. The van der Waals surface area contributed by atoms with E-state index in [9.17, 15) is 9.59 Å². The molecule has 0 bridgehead atoms. The summed E-state index contributed by atoms with van der Waals surface area (Å²) in [5.74, 6) is 1.05. The normalized spacial score (nSPS) is 13.1. The van der Waals surface area contributed by atoms with E-state index >= 15 is 0 Å². The van der Waals surface area contributed by atoms with E-state index in [4.69, 9.17) is 9.47 Å². The van der Waals surface area contributed by atoms with Crippen LogP contribution in [-0.2, 0) is 16.1 Å². The van der Waals surface area contributed by atoms with Crippen molar-refractivity contribution >= 4 is 17.5 Å². The van der Waals surface area contributed by atoms with E-state index in [2.05, 4.69) is 10.6 Å². The summed E-state index contributed by atoms with van der Waals surface area (Å²) >= 11 is 0. The lowest BCUT2D eigenvalue weighted by Crippen LogP contribution is -2.28. The van der Waals surface area contributed by atoms with Gasteiger partial charge >= 0.3 is 0 Å². The number of aryl methyl sites for hydroxylation is 1. The van der Waals surface area contributed by atoms with E-state index in [0.717, 1.165) is 11.1 Å². The molecule has 0 unspecified atom stereocenters. The molecular weight excluding hydrogens is 320 g/mol. The molecule has 0 saturated heterocycles. The van der Waals surface area contributed by atoms with Crippen LogP contribution >= 0.6 is 0 Å². The Morgan fingerprint density at radius 2 is 2.12 bits per heavy atom. The van der Waals surface area contributed by atoms with Gasteiger partial charge in [-0.25, -0.2) is 0 Å². The number of benzene rings is 2. The first-order valence-electron chi connectivity index (χ1n) is 8.12. The Morgan fingerprint density at radius 3 is 2.96 bits per heavy atom. The van der Waals surface area contributed by atoms with Crippen molar-refractivity contribution in [3.8, 4) is 11.5 Å². The minimum Gasteiger partial charge on any atom is -0.491 e. The lowest BCUT2D eigenvalue weighted by molar-refractivity contribution is -0.123. The fourth-order valence-corrected chi connectivity index (χ4v) is 2.49. The van der Waals surface area contributed by atoms with Gasteiger partial charge in [0.2, 0.25) is 5.91 Å². The maximum atomic E-state index is 12.0. The number of amides is 2. The largest absolute Gasteiger partial charge is 0.491 e. The van der Waals surface area contributed by atoms with Gasteiger partial charge in [0.05, 0.1) is 18.7 Å². The van der Waals surface area contributed by atoms with E-state index < -0.39 is 0 Å². The zero-order valence-corrected chi connectivity index (χ0v) is 14.0. The second-order valence-corrected chi connectivity index (χ2v) is 5.81. The Hall–Kier alpha value is -3.02. The molecule has 0 fully saturated rings. The molecule has 1 heterocycles. The molecule has 2 amide bonds. The minimum absolute atomic E-state index is 0.0460. The first kappa shape index (κ1) is 16.8. The summed E-state index contributed by atoms with van der Waals surface area (Å²) in [6.07, 6.45) is 0.330. The Bertz CT molecular complexity index is 789. The number of nitrogens with one attached hydrogen (secondary N) is 2. The molecule has 0 saturated carbocycles. The highest BCUT2D eigenvalue weighted by Gasteiger charge is 2.14. The van der Waals surface area contributed by atoms with Crippen molar-refractivity contribution in [2.45, 2.75) is 19.9 Å². The van der Waals surface area contributed by atoms with Gasteiger partial charge in [-0.15, -0.1) is 0 Å². The number of fused-ring (bicyclic) bond motifs is 1. The summed E-state index contributed by atoms with van der Waals surface area (Å²) in [7, 11) is 0. The fraction of sp³-hybridized carbons (Fsp3) is 0.263. The molecule has 25 heavy (non-hydrogen) atoms. The van der Waals surface area contributed by atoms with Gasteiger partial charge in [-0.3, -0.25) is 9.59 Å². The molecule has 6 nitrogen and oxygen atoms in total. The predicted molar refractivity (Wildman–Crippen MR) is 93.7 cm³/mol. The maximum absolute atomic E-state index is 12.0. The van der Waals surface area contributed by atoms with Crippen LogP contribution in [0, 0.1) is 6.92 Å². The van der Waals surface area contributed by atoms with Crippen LogP contribution in [0.3, 0.4) is 0 Å². The average molecular weight is 340 g/mol. The summed E-state index contributed by atoms with van der Waals surface area (Å²) in [6.45, 7) is 2.60. The van der Waals surface area contributed by atoms with Crippen molar-refractivity contribution in [3.05, 3.63) is 53.6 Å². The molecular formula is C19H20N2O4. The quantitative estimate of drug-likeness (QED) is 0.876. The summed E-state index contributed by atoms with van der Waals surface area (Å²) in [5, 5.41) is 5.61. The molecule has 0 aromatic heterocycles. The zero-order chi connectivity index (χ0) is 17.6. The first-order valence-corrected chi connectivity index (χ1v) is 8.12. The van der Waals surface area contributed by atoms with Gasteiger partial charge in [-0.2, -0.15) is 0 Å². The number of ether oxygens (including phenoxy) is 2. The highest BCUT2D eigenvalue weighted by atomic mass is 16.5. The monoisotopic (exact) mass is 340 g/mol. The van der Waals surface area contributed by atoms with Crippen LogP contribution in [-0.4, -0.2) is 25.0 Å². The van der Waals surface area contributed by atoms with Gasteiger partial charge in [0, 0.05) is 6.54 Å². The molecule has 0 radical (unpaired) electrons. The van der Waals surface area contributed by atoms with Crippen LogP contribution < -0.4 is 20.1 Å². The van der Waals surface area contributed by atoms with Crippen molar-refractivity contribution < 1.29 is 19.1 Å². The Kier molecular flexibility index (Phi) is 5.18. The molecule has 6 heteroatoms. The van der Waals surface area contributed by atoms with Gasteiger partial charge in [0.15, 0.2) is 6.61 Å². The summed E-state index contributed by atoms with van der Waals surface area (Å²) in [4.78, 5) is 23.6. The third-order valence-electron chi connectivity index (χ3n) is 3.85. The summed E-state index contributed by atoms with van der Waals surface area (Å²) in [6, 6.07) is 13.0. The SMILES string of the molecule is Cc1ccccc1OCC(=O)NCc1ccc2c(c1)NC(=O)CCO2. The van der Waals surface area contributed by atoms with Crippen molar-refractivity contribution in [1.82, 2.24) is 5.32 Å². The lowest BCUT2D eigenvalue weighted by atomic mass is 10.2. The van der Waals surface area contributed by atoms with Crippen LogP contribution in [0.1, 0.15) is 17.5 Å². The standard InChI is InChI=1S/C19H20N2O4/c1-13-4-2-3-5-16(13)25-12-19(23)20-11-14-6-7-17-15(10-14)21-18(22)8-9-24-17/h2-7,10H,8-9,11-12H2,1H3,(H,20,23)(H,21,22). The van der Waals surface area contributed by atoms with Crippen LogP contribution in [0.15, 0.2) is 42.5 Å². The number of hydrogen-bond donors (Lipinski definition) is 2. The molecule has 3 rings (SSSR count). The summed E-state index contributed by atoms with van der Waals surface area (Å²) < 4.78 is 11.0. The topological polar surface area (TPSA) is 76.7 Å². The van der Waals surface area contributed by atoms with Gasteiger partial charge in [0.1, 0.15) is 11.5 Å². The molecule has 1 aliphatic rings. The van der Waals surface area contributed by atoms with Crippen molar-refractivity contribution in [2.24, 2.45) is 0 Å². The van der Waals surface area contributed by atoms with Gasteiger partial charge in [-0.1, -0.05) is 24.3 Å². The zero-order valence-electron chi connectivity index (χ0n) is 14.0. The molecule has 0 atom stereocenters. The first-order chi connectivity index (χ1) is 12.1. The average Bonchev–Trinajstić information content (AvgIpc) is 2.79. The fourth-order valence-electron chi connectivity index (χ4n) is 2.49. The Balaban J connectivity index is 1.54. The van der Waals surface area contributed by atoms with Crippen LogP contribution in [0.2, 0.25) is 0 Å². The lowest BCUT2D eigenvalue weighted by Gasteiger charge is -2.11. The maximum Gasteiger partial charge on any atom is 0.258 e. The molecule has 2 aromatic carbocycles. The molecule has 130 valence electrons. The highest BCUT2D eigenvalue weighted by molar-refractivity contribution is 5.93. The van der Waals surface area contributed by atoms with Crippen LogP contribution in [0.25, 0.3) is 0 Å². The number of rotatable bonds is 5. The van der Waals surface area contributed by atoms with Crippen LogP contribution in [0.5, 0.6) is 11.5 Å². The number of para-hydroxylation sites is 1. The van der Waals surface area contributed by atoms with Crippen LogP contribution in [0.4, 0.5) is 5.69 Å². The number of hydrogen-bond acceptors (Lipinski definition) is 4. The third kappa shape index (κ3) is 4.50. The molecule has 2 N–H and O–H groups in total. The number of anilines is 1. The highest BCUT2D eigenvalue weighted by Crippen LogP contribution is 2.28. The molecule has 0 spiro atoms. The third-order valence-corrected chi connectivity index (χ3v) is 3.85. The number of carbonyl (C=O) groups excluding carboxylic acids is 2. The smallest absolute Gasteiger partial charge is 0.258 e. The second-order valence-electron chi connectivity index (χ2n) is 5.81. The van der Waals surface area contributed by atoms with Crippen molar-refractivity contribution in [2.75, 3.05) is 18.5 Å². The Morgan fingerprint density at radius 1 is 1.28 bits per heavy atom. The Labute approximate surface area is 146 Å². The van der Waals surface area contributed by atoms with Crippen molar-refractivity contribution in [1.29, 1.82) is 0 Å². The second kappa shape index (κ2) is 7.70. The minimum atomic E-state index is -0.210.